The molecule has 0 unspecified atom stereocenters. The van der Waals surface area contributed by atoms with Crippen LogP contribution in [0.15, 0.2) is 48.5 Å². The number of aromatic nitrogens is 3. The number of rotatable bonds is 8. The van der Waals surface area contributed by atoms with E-state index < -0.39 is 0 Å². The summed E-state index contributed by atoms with van der Waals surface area (Å²) in [6, 6.07) is 15.8. The molecule has 0 radical (unpaired) electrons. The van der Waals surface area contributed by atoms with E-state index in [1.54, 1.807) is 17.7 Å². The van der Waals surface area contributed by atoms with Crippen molar-refractivity contribution in [3.05, 3.63) is 71.2 Å². The van der Waals surface area contributed by atoms with Crippen molar-refractivity contribution in [2.24, 2.45) is 0 Å². The van der Waals surface area contributed by atoms with Gasteiger partial charge in [0.2, 0.25) is 0 Å². The Morgan fingerprint density at radius 2 is 1.78 bits per heavy atom. The summed E-state index contributed by atoms with van der Waals surface area (Å²) in [4.78, 5) is 12.3. The van der Waals surface area contributed by atoms with Gasteiger partial charge in [-0.05, 0) is 38.5 Å². The van der Waals surface area contributed by atoms with Gasteiger partial charge in [0, 0.05) is 17.5 Å². The van der Waals surface area contributed by atoms with Crippen LogP contribution in [0.25, 0.3) is 5.82 Å². The molecule has 142 valence electrons. The third-order valence-electron chi connectivity index (χ3n) is 4.31. The number of esters is 1. The Balaban J connectivity index is 1.75. The van der Waals surface area contributed by atoms with E-state index in [4.69, 9.17) is 9.47 Å². The lowest BCUT2D eigenvalue weighted by molar-refractivity contribution is 0.0505. The van der Waals surface area contributed by atoms with Crippen LogP contribution in [0.2, 0.25) is 0 Å². The van der Waals surface area contributed by atoms with Gasteiger partial charge in [-0.2, -0.15) is 5.10 Å². The molecule has 0 aliphatic heterocycles. The van der Waals surface area contributed by atoms with E-state index >= 15 is 0 Å². The summed E-state index contributed by atoms with van der Waals surface area (Å²) in [7, 11) is 0. The highest BCUT2D eigenvalue weighted by Crippen LogP contribution is 2.17. The highest BCUT2D eigenvalue weighted by atomic mass is 16.5. The molecule has 0 bridgehead atoms. The van der Waals surface area contributed by atoms with Crippen molar-refractivity contribution in [2.45, 2.75) is 33.9 Å². The van der Waals surface area contributed by atoms with Crippen LogP contribution >= 0.6 is 0 Å². The van der Waals surface area contributed by atoms with Gasteiger partial charge >= 0.3 is 5.97 Å². The second-order valence-corrected chi connectivity index (χ2v) is 6.32. The van der Waals surface area contributed by atoms with Crippen LogP contribution in [0.5, 0.6) is 0 Å². The first-order valence-electron chi connectivity index (χ1n) is 9.12. The zero-order chi connectivity index (χ0) is 19.2. The minimum absolute atomic E-state index is 0.325. The van der Waals surface area contributed by atoms with Crippen LogP contribution in [0.3, 0.4) is 0 Å². The Labute approximate surface area is 159 Å². The summed E-state index contributed by atoms with van der Waals surface area (Å²) in [5.74, 6) is 0.336. The first kappa shape index (κ1) is 18.9. The van der Waals surface area contributed by atoms with Crippen molar-refractivity contribution in [3.63, 3.8) is 0 Å². The molecule has 3 rings (SSSR count). The number of ether oxygens (including phenoxy) is 2. The summed E-state index contributed by atoms with van der Waals surface area (Å²) < 4.78 is 14.6. The summed E-state index contributed by atoms with van der Waals surface area (Å²) >= 11 is 0. The molecule has 0 N–H and O–H groups in total. The van der Waals surface area contributed by atoms with Gasteiger partial charge in [0.05, 0.1) is 26.4 Å². The molecule has 0 saturated heterocycles. The topological polar surface area (TPSA) is 58.3 Å². The first-order valence-corrected chi connectivity index (χ1v) is 9.12. The fraction of sp³-hybridized carbons (Fsp3) is 0.333. The molecule has 6 heteroatoms. The van der Waals surface area contributed by atoms with Crippen LogP contribution in [0, 0.1) is 13.8 Å². The highest BCUT2D eigenvalue weighted by Gasteiger charge is 2.18. The number of carbonyl (C=O) groups is 1. The molecule has 0 spiro atoms. The lowest BCUT2D eigenvalue weighted by Gasteiger charge is -2.08. The predicted octanol–water partition coefficient (Wildman–Crippen LogP) is 3.68. The molecular weight excluding hydrogens is 342 g/mol. The van der Waals surface area contributed by atoms with Gasteiger partial charge in [-0.25, -0.2) is 4.79 Å². The third-order valence-corrected chi connectivity index (χ3v) is 4.31. The van der Waals surface area contributed by atoms with Crippen molar-refractivity contribution in [3.8, 4) is 5.82 Å². The van der Waals surface area contributed by atoms with Crippen molar-refractivity contribution in [1.29, 1.82) is 0 Å². The monoisotopic (exact) mass is 367 g/mol. The lowest BCUT2D eigenvalue weighted by atomic mass is 10.2. The maximum Gasteiger partial charge on any atom is 0.356 e. The van der Waals surface area contributed by atoms with E-state index in [1.165, 1.54) is 0 Å². The number of hydrogen-bond donors (Lipinski definition) is 0. The van der Waals surface area contributed by atoms with Crippen molar-refractivity contribution in [2.75, 3.05) is 13.2 Å². The first-order chi connectivity index (χ1) is 13.1. The number of aryl methyl sites for hydroxylation is 2. The number of hydrogen-bond acceptors (Lipinski definition) is 4. The average molecular weight is 367 g/mol. The Morgan fingerprint density at radius 3 is 2.44 bits per heavy atom. The van der Waals surface area contributed by atoms with Gasteiger partial charge in [0.25, 0.3) is 0 Å². The predicted molar refractivity (Wildman–Crippen MR) is 103 cm³/mol. The molecule has 0 atom stereocenters. The maximum absolute atomic E-state index is 12.3. The molecule has 0 fully saturated rings. The lowest BCUT2D eigenvalue weighted by Crippen LogP contribution is -2.16. The quantitative estimate of drug-likeness (QED) is 0.450. The van der Waals surface area contributed by atoms with E-state index in [0.717, 1.165) is 17.0 Å². The van der Waals surface area contributed by atoms with Gasteiger partial charge in [-0.1, -0.05) is 30.3 Å². The molecule has 27 heavy (non-hydrogen) atoms. The summed E-state index contributed by atoms with van der Waals surface area (Å²) in [5, 5.41) is 4.62. The molecular formula is C21H25N3O3. The Morgan fingerprint density at radius 1 is 1.07 bits per heavy atom. The standard InChI is InChI=1S/C21H25N3O3/c1-4-27-21(25)19-14-20(24-16(2)10-11-17(24)3)22-23(19)12-13-26-15-18-8-6-5-7-9-18/h5-11,14H,4,12-13,15H2,1-3H3. The molecule has 1 aromatic carbocycles. The van der Waals surface area contributed by atoms with Crippen molar-refractivity contribution in [1.82, 2.24) is 14.3 Å². The van der Waals surface area contributed by atoms with Crippen molar-refractivity contribution >= 4 is 5.97 Å². The fourth-order valence-electron chi connectivity index (χ4n) is 3.00. The molecule has 0 aliphatic rings. The summed E-state index contributed by atoms with van der Waals surface area (Å²) in [6.07, 6.45) is 0. The van der Waals surface area contributed by atoms with E-state index in [1.807, 2.05) is 60.9 Å². The number of carbonyl (C=O) groups excluding carboxylic acids is 1. The largest absolute Gasteiger partial charge is 0.461 e. The number of benzene rings is 1. The Hall–Kier alpha value is -2.86. The zero-order valence-electron chi connectivity index (χ0n) is 16.0. The van der Waals surface area contributed by atoms with Crippen LogP contribution in [0.4, 0.5) is 0 Å². The van der Waals surface area contributed by atoms with Crippen molar-refractivity contribution < 1.29 is 14.3 Å². The van der Waals surface area contributed by atoms with Crippen LogP contribution in [0.1, 0.15) is 34.4 Å². The van der Waals surface area contributed by atoms with Gasteiger partial charge in [0.1, 0.15) is 5.69 Å². The normalized spacial score (nSPS) is 10.9. The van der Waals surface area contributed by atoms with Crippen LogP contribution in [-0.4, -0.2) is 33.5 Å². The summed E-state index contributed by atoms with van der Waals surface area (Å²) in [5.41, 5.74) is 3.67. The van der Waals surface area contributed by atoms with Gasteiger partial charge in [-0.3, -0.25) is 4.68 Å². The highest BCUT2D eigenvalue weighted by molar-refractivity contribution is 5.88. The molecule has 0 saturated carbocycles. The Kier molecular flexibility index (Phi) is 6.08. The van der Waals surface area contributed by atoms with E-state index in [-0.39, 0.29) is 5.97 Å². The smallest absolute Gasteiger partial charge is 0.356 e. The third kappa shape index (κ3) is 4.46. The average Bonchev–Trinajstić information content (AvgIpc) is 3.23. The molecule has 2 heterocycles. The van der Waals surface area contributed by atoms with E-state index in [2.05, 4.69) is 5.10 Å². The zero-order valence-corrected chi connectivity index (χ0v) is 16.0. The molecule has 2 aromatic heterocycles. The Bertz CT molecular complexity index is 877. The van der Waals surface area contributed by atoms with Crippen LogP contribution < -0.4 is 0 Å². The second kappa shape index (κ2) is 8.68. The maximum atomic E-state index is 12.3. The minimum Gasteiger partial charge on any atom is -0.461 e. The van der Waals surface area contributed by atoms with E-state index in [0.29, 0.717) is 37.9 Å². The van der Waals surface area contributed by atoms with E-state index in [9.17, 15) is 4.79 Å². The second-order valence-electron chi connectivity index (χ2n) is 6.32. The molecule has 6 nitrogen and oxygen atoms in total. The molecule has 0 aliphatic carbocycles. The van der Waals surface area contributed by atoms with Gasteiger partial charge in [0.15, 0.2) is 5.82 Å². The number of nitrogens with zero attached hydrogens (tertiary/aromatic N) is 3. The summed E-state index contributed by atoms with van der Waals surface area (Å²) in [6.45, 7) is 7.60. The minimum atomic E-state index is -0.373. The van der Waals surface area contributed by atoms with Gasteiger partial charge in [-0.15, -0.1) is 0 Å². The van der Waals surface area contributed by atoms with Crippen LogP contribution in [-0.2, 0) is 22.6 Å². The van der Waals surface area contributed by atoms with Gasteiger partial charge < -0.3 is 14.0 Å². The molecule has 0 amide bonds. The SMILES string of the molecule is CCOC(=O)c1cc(-n2c(C)ccc2C)nn1CCOCc1ccccc1. The fourth-order valence-corrected chi connectivity index (χ4v) is 3.00. The molecule has 3 aromatic rings.